The van der Waals surface area contributed by atoms with Gasteiger partial charge in [-0.25, -0.2) is 4.79 Å². The number of nitrogens with zero attached hydrogens (tertiary/aromatic N) is 1. The maximum absolute atomic E-state index is 14.0. The normalized spacial score (nSPS) is 33.6. The molecule has 2 aromatic carbocycles. The highest BCUT2D eigenvalue weighted by atomic mass is 16.6. The summed E-state index contributed by atoms with van der Waals surface area (Å²) >= 11 is 0. The number of benzene rings is 2. The summed E-state index contributed by atoms with van der Waals surface area (Å²) in [5.74, 6) is 0.662. The zero-order chi connectivity index (χ0) is 23.6. The predicted octanol–water partition coefficient (Wildman–Crippen LogP) is 5.34. The summed E-state index contributed by atoms with van der Waals surface area (Å²) in [4.78, 5) is 29.2. The molecule has 33 heavy (non-hydrogen) atoms. The molecule has 1 saturated heterocycles. The molecule has 0 amide bonds. The van der Waals surface area contributed by atoms with Crippen LogP contribution >= 0.6 is 0 Å². The maximum Gasteiger partial charge on any atom is 0.342 e. The molecular weight excluding hydrogens is 414 g/mol. The quantitative estimate of drug-likeness (QED) is 0.340. The van der Waals surface area contributed by atoms with Crippen molar-refractivity contribution in [1.29, 1.82) is 0 Å². The van der Waals surface area contributed by atoms with Gasteiger partial charge in [0.2, 0.25) is 5.54 Å². The third-order valence-electron chi connectivity index (χ3n) is 8.64. The van der Waals surface area contributed by atoms with Gasteiger partial charge < -0.3 is 14.4 Å². The molecule has 0 spiro atoms. The highest BCUT2D eigenvalue weighted by Crippen LogP contribution is 2.65. The highest BCUT2D eigenvalue weighted by Gasteiger charge is 2.74. The number of fused-ring (bicyclic) bond motifs is 2. The zero-order valence-corrected chi connectivity index (χ0v) is 20.1. The summed E-state index contributed by atoms with van der Waals surface area (Å²) in [7, 11) is 1.62. The molecule has 5 atom stereocenters. The number of carbonyl (C=O) groups excluding carboxylic acids is 2. The third kappa shape index (κ3) is 3.04. The number of hydrogen-bond acceptors (Lipinski definition) is 5. The largest absolute Gasteiger partial charge is 0.497 e. The highest BCUT2D eigenvalue weighted by molar-refractivity contribution is 6.18. The molecule has 2 saturated carbocycles. The summed E-state index contributed by atoms with van der Waals surface area (Å²) in [6.45, 7) is 8.17. The fourth-order valence-corrected chi connectivity index (χ4v) is 6.88. The van der Waals surface area contributed by atoms with Crippen LogP contribution in [0.25, 0.3) is 0 Å². The van der Waals surface area contributed by atoms with Gasteiger partial charge in [0.15, 0.2) is 5.78 Å². The van der Waals surface area contributed by atoms with Crippen LogP contribution in [0.3, 0.4) is 0 Å². The summed E-state index contributed by atoms with van der Waals surface area (Å²) in [5, 5.41) is 0. The number of ether oxygens (including phenoxy) is 2. The van der Waals surface area contributed by atoms with Gasteiger partial charge in [-0.15, -0.1) is 0 Å². The first-order valence-corrected chi connectivity index (χ1v) is 11.9. The van der Waals surface area contributed by atoms with E-state index in [1.165, 1.54) is 13.3 Å². The van der Waals surface area contributed by atoms with Crippen molar-refractivity contribution in [3.05, 3.63) is 60.2 Å². The molecule has 2 aliphatic carbocycles. The molecule has 1 aliphatic heterocycles. The zero-order valence-electron chi connectivity index (χ0n) is 20.1. The van der Waals surface area contributed by atoms with Crippen molar-refractivity contribution in [2.75, 3.05) is 12.0 Å². The van der Waals surface area contributed by atoms with Crippen LogP contribution in [0.4, 0.5) is 5.69 Å². The van der Waals surface area contributed by atoms with Crippen LogP contribution in [-0.2, 0) is 14.3 Å². The van der Waals surface area contributed by atoms with E-state index < -0.39 is 17.6 Å². The van der Waals surface area contributed by atoms with Crippen molar-refractivity contribution in [3.63, 3.8) is 0 Å². The van der Waals surface area contributed by atoms with Crippen molar-refractivity contribution in [2.45, 2.75) is 64.6 Å². The van der Waals surface area contributed by atoms with E-state index in [1.54, 1.807) is 7.11 Å². The van der Waals surface area contributed by atoms with Gasteiger partial charge in [0.25, 0.3) is 0 Å². The number of methoxy groups -OCH3 is 1. The molecule has 5 rings (SSSR count). The third-order valence-corrected chi connectivity index (χ3v) is 8.64. The van der Waals surface area contributed by atoms with Crippen LogP contribution in [0, 0.1) is 16.7 Å². The number of anilines is 1. The van der Waals surface area contributed by atoms with Crippen molar-refractivity contribution < 1.29 is 19.1 Å². The van der Waals surface area contributed by atoms with Gasteiger partial charge in [-0.3, -0.25) is 4.79 Å². The van der Waals surface area contributed by atoms with Gasteiger partial charge >= 0.3 is 5.97 Å². The van der Waals surface area contributed by atoms with Gasteiger partial charge in [0.05, 0.1) is 13.2 Å². The van der Waals surface area contributed by atoms with Crippen molar-refractivity contribution in [3.8, 4) is 5.75 Å². The van der Waals surface area contributed by atoms with Crippen LogP contribution in [0.2, 0.25) is 0 Å². The van der Waals surface area contributed by atoms with Crippen LogP contribution in [0.15, 0.2) is 54.6 Å². The van der Waals surface area contributed by atoms with E-state index in [-0.39, 0.29) is 22.7 Å². The lowest BCUT2D eigenvalue weighted by atomic mass is 9.70. The van der Waals surface area contributed by atoms with E-state index in [0.29, 0.717) is 5.92 Å². The molecule has 5 nitrogen and oxygen atoms in total. The Kier molecular flexibility index (Phi) is 4.89. The van der Waals surface area contributed by atoms with E-state index in [0.717, 1.165) is 29.8 Å². The number of hydrogen-bond donors (Lipinski definition) is 0. The standard InChI is InChI=1S/C28H33NO4/c1-18(30)28(25(31)33-24-26(2,3)20-15-16-27(24,4)17-20)23(19-9-7-6-8-10-19)29(28)21-11-13-22(32-5)14-12-21/h6-14,20,23-24H,15-17H2,1-5H3/t20-,23+,24-,27+,28+,29?/m0/s1. The van der Waals surface area contributed by atoms with E-state index in [9.17, 15) is 9.59 Å². The van der Waals surface area contributed by atoms with Gasteiger partial charge in [0.1, 0.15) is 11.9 Å². The summed E-state index contributed by atoms with van der Waals surface area (Å²) in [6.07, 6.45) is 3.13. The smallest absolute Gasteiger partial charge is 0.342 e. The Bertz CT molecular complexity index is 1070. The molecule has 0 radical (unpaired) electrons. The molecule has 2 bridgehead atoms. The first kappa shape index (κ1) is 22.0. The summed E-state index contributed by atoms with van der Waals surface area (Å²) < 4.78 is 11.7. The second-order valence-electron chi connectivity index (χ2n) is 10.9. The molecule has 5 heteroatoms. The van der Waals surface area contributed by atoms with E-state index in [4.69, 9.17) is 9.47 Å². The average Bonchev–Trinajstić information content (AvgIpc) is 3.30. The Morgan fingerprint density at radius 2 is 1.67 bits per heavy atom. The van der Waals surface area contributed by atoms with Crippen LogP contribution in [-0.4, -0.2) is 30.5 Å². The van der Waals surface area contributed by atoms with Gasteiger partial charge in [-0.2, -0.15) is 0 Å². The van der Waals surface area contributed by atoms with Crippen molar-refractivity contribution >= 4 is 17.4 Å². The molecule has 2 aromatic rings. The minimum atomic E-state index is -1.36. The first-order chi connectivity index (χ1) is 15.7. The van der Waals surface area contributed by atoms with Gasteiger partial charge in [-0.05, 0) is 61.9 Å². The van der Waals surface area contributed by atoms with Crippen LogP contribution in [0.5, 0.6) is 5.75 Å². The van der Waals surface area contributed by atoms with E-state index in [1.807, 2.05) is 59.5 Å². The van der Waals surface area contributed by atoms with Crippen LogP contribution < -0.4 is 9.64 Å². The minimum absolute atomic E-state index is 0.0239. The Morgan fingerprint density at radius 1 is 1.00 bits per heavy atom. The number of carbonyl (C=O) groups is 2. The Morgan fingerprint density at radius 3 is 2.21 bits per heavy atom. The lowest BCUT2D eigenvalue weighted by Gasteiger charge is -2.42. The molecule has 1 heterocycles. The number of esters is 1. The average molecular weight is 448 g/mol. The van der Waals surface area contributed by atoms with Crippen LogP contribution in [0.1, 0.15) is 58.6 Å². The predicted molar refractivity (Wildman–Crippen MR) is 127 cm³/mol. The molecule has 3 aliphatic rings. The van der Waals surface area contributed by atoms with E-state index >= 15 is 0 Å². The lowest BCUT2D eigenvalue weighted by Crippen LogP contribution is -2.48. The lowest BCUT2D eigenvalue weighted by molar-refractivity contribution is -0.168. The molecule has 174 valence electrons. The molecule has 3 fully saturated rings. The number of Topliss-reactive ketones (excluding diaryl/α,β-unsaturated/α-hetero) is 1. The Balaban J connectivity index is 1.54. The summed E-state index contributed by atoms with van der Waals surface area (Å²) in [5.41, 5.74) is 0.255. The Hall–Kier alpha value is -2.82. The molecule has 0 N–H and O–H groups in total. The van der Waals surface area contributed by atoms with E-state index in [2.05, 4.69) is 20.8 Å². The topological polar surface area (TPSA) is 55.6 Å². The first-order valence-electron chi connectivity index (χ1n) is 11.9. The minimum Gasteiger partial charge on any atom is -0.497 e. The van der Waals surface area contributed by atoms with Gasteiger partial charge in [0, 0.05) is 16.5 Å². The molecule has 0 unspecified atom stereocenters. The number of rotatable bonds is 6. The SMILES string of the molecule is COc1ccc(N2[C@H](c3ccccc3)[C@]2(C(C)=O)C(=O)O[C@H]2C(C)(C)[C@H]3CC[C@]2(C)C3)cc1. The monoisotopic (exact) mass is 447 g/mol. The van der Waals surface area contributed by atoms with Crippen molar-refractivity contribution in [1.82, 2.24) is 0 Å². The fraction of sp³-hybridized carbons (Fsp3) is 0.500. The Labute approximate surface area is 196 Å². The molecule has 0 aromatic heterocycles. The second kappa shape index (κ2) is 7.34. The fourth-order valence-electron chi connectivity index (χ4n) is 6.88. The van der Waals surface area contributed by atoms with Gasteiger partial charge in [-0.1, -0.05) is 51.1 Å². The molecular formula is C28H33NO4. The second-order valence-corrected chi connectivity index (χ2v) is 10.9. The van der Waals surface area contributed by atoms with Crippen molar-refractivity contribution in [2.24, 2.45) is 16.7 Å². The maximum atomic E-state index is 14.0. The summed E-state index contributed by atoms with van der Waals surface area (Å²) in [6, 6.07) is 16.9. The number of ketones is 1.